The van der Waals surface area contributed by atoms with E-state index in [1.807, 2.05) is 31.8 Å². The molecule has 1 rings (SSSR count). The maximum atomic E-state index is 12.9. The zero-order valence-electron chi connectivity index (χ0n) is 10.2. The van der Waals surface area contributed by atoms with Crippen LogP contribution in [-0.2, 0) is 6.42 Å². The van der Waals surface area contributed by atoms with Gasteiger partial charge in [0.1, 0.15) is 5.82 Å². The van der Waals surface area contributed by atoms with E-state index in [2.05, 4.69) is 12.2 Å². The molecule has 90 valence electrons. The van der Waals surface area contributed by atoms with Crippen LogP contribution >= 0.6 is 11.8 Å². The minimum absolute atomic E-state index is 0.148. The van der Waals surface area contributed by atoms with Gasteiger partial charge in [0.2, 0.25) is 0 Å². The molecule has 1 aromatic carbocycles. The summed E-state index contributed by atoms with van der Waals surface area (Å²) in [7, 11) is 1.99. The largest absolute Gasteiger partial charge is 0.316 e. The summed E-state index contributed by atoms with van der Waals surface area (Å²) < 4.78 is 12.9. The Kier molecular flexibility index (Phi) is 5.85. The van der Waals surface area contributed by atoms with E-state index in [1.54, 1.807) is 12.1 Å². The summed E-state index contributed by atoms with van der Waals surface area (Å²) in [5.41, 5.74) is 2.28. The quantitative estimate of drug-likeness (QED) is 0.821. The van der Waals surface area contributed by atoms with Crippen LogP contribution < -0.4 is 5.32 Å². The number of thioether (sulfide) groups is 1. The summed E-state index contributed by atoms with van der Waals surface area (Å²) in [5, 5.41) is 3.31. The lowest BCUT2D eigenvalue weighted by Crippen LogP contribution is -2.30. The molecule has 0 heterocycles. The number of benzene rings is 1. The van der Waals surface area contributed by atoms with Gasteiger partial charge in [-0.3, -0.25) is 0 Å². The Balaban J connectivity index is 2.62. The molecule has 3 heteroatoms. The van der Waals surface area contributed by atoms with E-state index in [9.17, 15) is 4.39 Å². The van der Waals surface area contributed by atoms with Crippen LogP contribution in [-0.4, -0.2) is 24.6 Å². The zero-order chi connectivity index (χ0) is 12.0. The number of aryl methyl sites for hydroxylation is 1. The minimum Gasteiger partial charge on any atom is -0.316 e. The molecule has 0 bridgehead atoms. The van der Waals surface area contributed by atoms with Crippen molar-refractivity contribution in [3.8, 4) is 0 Å². The van der Waals surface area contributed by atoms with Gasteiger partial charge in [0, 0.05) is 11.8 Å². The monoisotopic (exact) mass is 241 g/mol. The lowest BCUT2D eigenvalue weighted by Gasteiger charge is -2.16. The fraction of sp³-hybridized carbons (Fsp3) is 0.538. The highest BCUT2D eigenvalue weighted by Crippen LogP contribution is 2.14. The van der Waals surface area contributed by atoms with Crippen LogP contribution in [0.1, 0.15) is 18.1 Å². The summed E-state index contributed by atoms with van der Waals surface area (Å²) >= 11 is 1.93. The minimum atomic E-state index is -0.148. The van der Waals surface area contributed by atoms with Gasteiger partial charge in [-0.05, 0) is 49.4 Å². The average molecular weight is 241 g/mol. The van der Waals surface area contributed by atoms with E-state index >= 15 is 0 Å². The molecule has 1 aromatic rings. The first-order valence-corrected chi connectivity index (χ1v) is 6.82. The highest BCUT2D eigenvalue weighted by atomic mass is 32.2. The Bertz CT molecular complexity index is 328. The Morgan fingerprint density at radius 2 is 2.19 bits per heavy atom. The van der Waals surface area contributed by atoms with Crippen LogP contribution in [0.5, 0.6) is 0 Å². The summed E-state index contributed by atoms with van der Waals surface area (Å²) in [6.45, 7) is 4.14. The van der Waals surface area contributed by atoms with Crippen molar-refractivity contribution < 1.29 is 4.39 Å². The molecule has 1 nitrogen and oxygen atoms in total. The molecule has 0 fully saturated rings. The highest BCUT2D eigenvalue weighted by Gasteiger charge is 2.09. The van der Waals surface area contributed by atoms with Crippen LogP contribution in [0.3, 0.4) is 0 Å². The molecule has 0 saturated heterocycles. The third kappa shape index (κ3) is 4.14. The summed E-state index contributed by atoms with van der Waals surface area (Å²) in [6.07, 6.45) is 0.968. The molecule has 0 saturated carbocycles. The number of rotatable bonds is 6. The van der Waals surface area contributed by atoms with Crippen LogP contribution in [0.25, 0.3) is 0 Å². The molecule has 0 aliphatic heterocycles. The molecule has 0 aromatic heterocycles. The lowest BCUT2D eigenvalue weighted by atomic mass is 10.0. The first kappa shape index (κ1) is 13.5. The van der Waals surface area contributed by atoms with Gasteiger partial charge in [0.25, 0.3) is 0 Å². The Morgan fingerprint density at radius 1 is 1.44 bits per heavy atom. The summed E-state index contributed by atoms with van der Waals surface area (Å²) in [4.78, 5) is 0. The number of hydrogen-bond acceptors (Lipinski definition) is 2. The Morgan fingerprint density at radius 3 is 2.75 bits per heavy atom. The van der Waals surface area contributed by atoms with Gasteiger partial charge in [0.15, 0.2) is 0 Å². The zero-order valence-corrected chi connectivity index (χ0v) is 11.0. The Labute approximate surface area is 102 Å². The van der Waals surface area contributed by atoms with E-state index in [0.29, 0.717) is 6.04 Å². The molecule has 0 spiro atoms. The van der Waals surface area contributed by atoms with Crippen molar-refractivity contribution in [2.45, 2.75) is 26.3 Å². The van der Waals surface area contributed by atoms with E-state index in [4.69, 9.17) is 0 Å². The van der Waals surface area contributed by atoms with E-state index in [0.717, 1.165) is 23.5 Å². The summed E-state index contributed by atoms with van der Waals surface area (Å²) in [5.74, 6) is 2.09. The van der Waals surface area contributed by atoms with Crippen molar-refractivity contribution >= 4 is 11.8 Å². The second-order valence-electron chi connectivity index (χ2n) is 3.92. The number of hydrogen-bond donors (Lipinski definition) is 1. The molecule has 1 unspecified atom stereocenters. The molecule has 0 aliphatic rings. The third-order valence-corrected chi connectivity index (χ3v) is 3.75. The lowest BCUT2D eigenvalue weighted by molar-refractivity contribution is 0.607. The van der Waals surface area contributed by atoms with Crippen LogP contribution in [0.4, 0.5) is 4.39 Å². The maximum Gasteiger partial charge on any atom is 0.123 e. The molecule has 16 heavy (non-hydrogen) atoms. The average Bonchev–Trinajstić information content (AvgIpc) is 2.27. The maximum absolute atomic E-state index is 12.9. The van der Waals surface area contributed by atoms with Gasteiger partial charge < -0.3 is 5.32 Å². The first-order chi connectivity index (χ1) is 7.67. The second-order valence-corrected chi connectivity index (χ2v) is 5.24. The molecule has 0 aliphatic carbocycles. The number of halogens is 1. The predicted molar refractivity (Wildman–Crippen MR) is 70.7 cm³/mol. The van der Waals surface area contributed by atoms with Crippen molar-refractivity contribution in [2.24, 2.45) is 0 Å². The van der Waals surface area contributed by atoms with Gasteiger partial charge in [-0.1, -0.05) is 13.0 Å². The fourth-order valence-corrected chi connectivity index (χ4v) is 2.46. The van der Waals surface area contributed by atoms with Gasteiger partial charge >= 0.3 is 0 Å². The van der Waals surface area contributed by atoms with Crippen molar-refractivity contribution in [2.75, 3.05) is 18.6 Å². The van der Waals surface area contributed by atoms with E-state index in [1.165, 1.54) is 5.56 Å². The standard InChI is InChI=1S/C13H20FNS/c1-4-16-9-13(15-3)8-11-5-6-12(14)7-10(11)2/h5-7,13,15H,4,8-9H2,1-3H3. The third-order valence-electron chi connectivity index (χ3n) is 2.70. The molecular formula is C13H20FNS. The highest BCUT2D eigenvalue weighted by molar-refractivity contribution is 7.99. The van der Waals surface area contributed by atoms with Gasteiger partial charge in [-0.15, -0.1) is 0 Å². The van der Waals surface area contributed by atoms with Crippen LogP contribution in [0.15, 0.2) is 18.2 Å². The van der Waals surface area contributed by atoms with Crippen molar-refractivity contribution in [3.63, 3.8) is 0 Å². The van der Waals surface area contributed by atoms with Gasteiger partial charge in [-0.25, -0.2) is 4.39 Å². The topological polar surface area (TPSA) is 12.0 Å². The fourth-order valence-electron chi connectivity index (χ4n) is 1.66. The normalized spacial score (nSPS) is 12.8. The van der Waals surface area contributed by atoms with Crippen molar-refractivity contribution in [3.05, 3.63) is 35.1 Å². The first-order valence-electron chi connectivity index (χ1n) is 5.67. The molecule has 0 amide bonds. The second kappa shape index (κ2) is 6.92. The SMILES string of the molecule is CCSCC(Cc1ccc(F)cc1C)NC. The summed E-state index contributed by atoms with van der Waals surface area (Å²) in [6, 6.07) is 5.51. The molecule has 1 N–H and O–H groups in total. The smallest absolute Gasteiger partial charge is 0.123 e. The van der Waals surface area contributed by atoms with Crippen molar-refractivity contribution in [1.82, 2.24) is 5.32 Å². The van der Waals surface area contributed by atoms with Crippen LogP contribution in [0, 0.1) is 12.7 Å². The van der Waals surface area contributed by atoms with Gasteiger partial charge in [-0.2, -0.15) is 11.8 Å². The predicted octanol–water partition coefficient (Wildman–Crippen LogP) is 3.02. The Hall–Kier alpha value is -0.540. The number of nitrogens with one attached hydrogen (secondary N) is 1. The van der Waals surface area contributed by atoms with E-state index in [-0.39, 0.29) is 5.82 Å². The molecule has 1 atom stereocenters. The molecule has 0 radical (unpaired) electrons. The number of likely N-dealkylation sites (N-methyl/N-ethyl adjacent to an activating group) is 1. The van der Waals surface area contributed by atoms with Gasteiger partial charge in [0.05, 0.1) is 0 Å². The van der Waals surface area contributed by atoms with Crippen molar-refractivity contribution in [1.29, 1.82) is 0 Å². The van der Waals surface area contributed by atoms with Crippen LogP contribution in [0.2, 0.25) is 0 Å². The van der Waals surface area contributed by atoms with E-state index < -0.39 is 0 Å². The molecular weight excluding hydrogens is 221 g/mol.